The third-order valence-electron chi connectivity index (χ3n) is 10.5. The van der Waals surface area contributed by atoms with Gasteiger partial charge in [0.25, 0.3) is 0 Å². The van der Waals surface area contributed by atoms with Crippen molar-refractivity contribution in [2.45, 2.75) is 212 Å². The minimum absolute atomic E-state index is 0.0266. The van der Waals surface area contributed by atoms with E-state index in [1.165, 1.54) is 103 Å². The van der Waals surface area contributed by atoms with Crippen molar-refractivity contribution in [3.63, 3.8) is 0 Å². The van der Waals surface area contributed by atoms with Crippen molar-refractivity contribution in [3.05, 3.63) is 48.6 Å². The molecule has 0 heterocycles. The number of carboxylic acids is 1. The number of hydrogen-bond acceptors (Lipinski definition) is 7. The Labute approximate surface area is 356 Å². The summed E-state index contributed by atoms with van der Waals surface area (Å²) in [5.41, 5.74) is 0. The van der Waals surface area contributed by atoms with Crippen LogP contribution in [0.15, 0.2) is 48.6 Å². The second kappa shape index (κ2) is 41.0. The third kappa shape index (κ3) is 38.8. The van der Waals surface area contributed by atoms with Crippen LogP contribution in [-0.4, -0.2) is 75.5 Å². The molecule has 0 fully saturated rings. The van der Waals surface area contributed by atoms with E-state index >= 15 is 0 Å². The standard InChI is InChI=1S/C50H89NO7/c1-6-8-10-12-14-16-18-19-20-21-22-23-24-25-26-27-28-29-31-32-34-36-38-40-48(52)57-45-46(44-56-43-42-47(50(54)55)51(3,4)5)58-49(53)41-39-37-35-33-30-17-15-13-11-9-7-2/h13,15,17,22-23,25-26,30,46-47H,6-12,14,16,18-21,24,27-29,31-45H2,1-5H3/b15-13+,23-22+,26-25+,30-17+. The Kier molecular flexibility index (Phi) is 39.1. The van der Waals surface area contributed by atoms with Crippen LogP contribution in [0.3, 0.4) is 0 Å². The molecular formula is C50H89NO7. The normalized spacial score (nSPS) is 13.3. The van der Waals surface area contributed by atoms with Crippen LogP contribution in [0, 0.1) is 0 Å². The van der Waals surface area contributed by atoms with Crippen LogP contribution in [-0.2, 0) is 28.6 Å². The van der Waals surface area contributed by atoms with Crippen molar-refractivity contribution < 1.29 is 38.2 Å². The summed E-state index contributed by atoms with van der Waals surface area (Å²) in [5.74, 6) is -1.78. The molecule has 0 radical (unpaired) electrons. The van der Waals surface area contributed by atoms with Gasteiger partial charge in [0.1, 0.15) is 12.6 Å². The summed E-state index contributed by atoms with van der Waals surface area (Å²) in [7, 11) is 5.39. The highest BCUT2D eigenvalue weighted by atomic mass is 16.6. The molecule has 0 saturated carbocycles. The highest BCUT2D eigenvalue weighted by molar-refractivity contribution is 5.70. The molecule has 0 aromatic carbocycles. The number of carboxylic acid groups (broad SMARTS) is 1. The lowest BCUT2D eigenvalue weighted by molar-refractivity contribution is -0.889. The Morgan fingerprint density at radius 2 is 0.983 bits per heavy atom. The van der Waals surface area contributed by atoms with Gasteiger partial charge in [0.2, 0.25) is 0 Å². The number of esters is 2. The van der Waals surface area contributed by atoms with Gasteiger partial charge in [-0.25, -0.2) is 0 Å². The van der Waals surface area contributed by atoms with Crippen LogP contribution >= 0.6 is 0 Å². The number of aliphatic carboxylic acids is 1. The maximum atomic E-state index is 12.7. The topological polar surface area (TPSA) is 102 Å². The Bertz CT molecular complexity index is 1090. The van der Waals surface area contributed by atoms with E-state index in [-0.39, 0.29) is 49.1 Å². The van der Waals surface area contributed by atoms with Crippen molar-refractivity contribution in [2.75, 3.05) is 41.0 Å². The number of hydrogen-bond donors (Lipinski definition) is 0. The molecule has 58 heavy (non-hydrogen) atoms. The molecule has 0 saturated heterocycles. The zero-order valence-corrected chi connectivity index (χ0v) is 38.2. The molecule has 0 aromatic heterocycles. The summed E-state index contributed by atoms with van der Waals surface area (Å²) >= 11 is 0. The van der Waals surface area contributed by atoms with Crippen molar-refractivity contribution in [3.8, 4) is 0 Å². The fraction of sp³-hybridized carbons (Fsp3) is 0.780. The monoisotopic (exact) mass is 816 g/mol. The first-order valence-corrected chi connectivity index (χ1v) is 23.7. The van der Waals surface area contributed by atoms with Crippen LogP contribution in [0.5, 0.6) is 0 Å². The summed E-state index contributed by atoms with van der Waals surface area (Å²) < 4.78 is 17.1. The summed E-state index contributed by atoms with van der Waals surface area (Å²) in [6, 6.07) is -0.732. The van der Waals surface area contributed by atoms with Gasteiger partial charge in [-0.2, -0.15) is 0 Å². The van der Waals surface area contributed by atoms with E-state index in [1.807, 2.05) is 0 Å². The molecule has 336 valence electrons. The quantitative estimate of drug-likeness (QED) is 0.0199. The van der Waals surface area contributed by atoms with Crippen LogP contribution < -0.4 is 5.11 Å². The number of quaternary nitrogens is 1. The van der Waals surface area contributed by atoms with Gasteiger partial charge in [0, 0.05) is 19.3 Å². The molecule has 0 bridgehead atoms. The van der Waals surface area contributed by atoms with Gasteiger partial charge in [-0.1, -0.05) is 165 Å². The van der Waals surface area contributed by atoms with E-state index in [4.69, 9.17) is 14.2 Å². The lowest BCUT2D eigenvalue weighted by Gasteiger charge is -2.34. The molecule has 0 aliphatic heterocycles. The predicted molar refractivity (Wildman–Crippen MR) is 240 cm³/mol. The minimum atomic E-state index is -1.13. The van der Waals surface area contributed by atoms with Crippen molar-refractivity contribution >= 4 is 17.9 Å². The molecule has 0 spiro atoms. The molecule has 0 rings (SSSR count). The molecule has 2 atom stereocenters. The van der Waals surface area contributed by atoms with E-state index in [0.29, 0.717) is 6.42 Å². The molecule has 0 amide bonds. The average molecular weight is 816 g/mol. The highest BCUT2D eigenvalue weighted by Gasteiger charge is 2.25. The number of unbranched alkanes of at least 4 members (excludes halogenated alkanes) is 21. The van der Waals surface area contributed by atoms with Crippen LogP contribution in [0.25, 0.3) is 0 Å². The lowest BCUT2D eigenvalue weighted by Crippen LogP contribution is -2.55. The minimum Gasteiger partial charge on any atom is -0.544 e. The molecule has 8 nitrogen and oxygen atoms in total. The first-order chi connectivity index (χ1) is 28.1. The summed E-state index contributed by atoms with van der Waals surface area (Å²) in [6.45, 7) is 4.57. The number of likely N-dealkylation sites (N-methyl/N-ethyl adjacent to an activating group) is 1. The Balaban J connectivity index is 4.23. The first kappa shape index (κ1) is 55.3. The molecule has 8 heteroatoms. The number of allylic oxidation sites excluding steroid dienone is 8. The van der Waals surface area contributed by atoms with E-state index in [1.54, 1.807) is 21.1 Å². The van der Waals surface area contributed by atoms with Gasteiger partial charge >= 0.3 is 11.9 Å². The van der Waals surface area contributed by atoms with Crippen molar-refractivity contribution in [2.24, 2.45) is 0 Å². The molecular weight excluding hydrogens is 727 g/mol. The fourth-order valence-electron chi connectivity index (χ4n) is 6.72. The van der Waals surface area contributed by atoms with Gasteiger partial charge in [-0.05, 0) is 64.2 Å². The zero-order chi connectivity index (χ0) is 42.8. The van der Waals surface area contributed by atoms with E-state index < -0.39 is 18.1 Å². The number of nitrogens with zero attached hydrogens (tertiary/aromatic N) is 1. The Hall–Kier alpha value is -2.71. The first-order valence-electron chi connectivity index (χ1n) is 23.7. The van der Waals surface area contributed by atoms with Crippen LogP contribution in [0.1, 0.15) is 200 Å². The van der Waals surface area contributed by atoms with E-state index in [2.05, 4.69) is 62.5 Å². The van der Waals surface area contributed by atoms with Gasteiger partial charge in [-0.3, -0.25) is 9.59 Å². The van der Waals surface area contributed by atoms with Crippen molar-refractivity contribution in [1.82, 2.24) is 0 Å². The van der Waals surface area contributed by atoms with E-state index in [9.17, 15) is 19.5 Å². The molecule has 2 unspecified atom stereocenters. The summed E-state index contributed by atoms with van der Waals surface area (Å²) in [5, 5.41) is 11.6. The largest absolute Gasteiger partial charge is 0.544 e. The lowest BCUT2D eigenvalue weighted by atomic mass is 10.1. The number of ether oxygens (including phenoxy) is 3. The van der Waals surface area contributed by atoms with Gasteiger partial charge in [0.15, 0.2) is 6.10 Å². The zero-order valence-electron chi connectivity index (χ0n) is 38.2. The second-order valence-corrected chi connectivity index (χ2v) is 17.0. The molecule has 0 N–H and O–H groups in total. The van der Waals surface area contributed by atoms with Gasteiger partial charge in [0.05, 0.1) is 40.3 Å². The van der Waals surface area contributed by atoms with Crippen LogP contribution in [0.2, 0.25) is 0 Å². The van der Waals surface area contributed by atoms with Crippen molar-refractivity contribution in [1.29, 1.82) is 0 Å². The SMILES string of the molecule is CCCC/C=C/C=C/CCCCCC(=O)OC(COCCC(C(=O)[O-])[N+](C)(C)C)COC(=O)CCCCCCCCC/C=C/C/C=C/CCCCCCCCCCC. The average Bonchev–Trinajstić information content (AvgIpc) is 3.18. The predicted octanol–water partition coefficient (Wildman–Crippen LogP) is 11.9. The summed E-state index contributed by atoms with van der Waals surface area (Å²) in [6.07, 6.45) is 48.6. The van der Waals surface area contributed by atoms with Gasteiger partial charge in [-0.15, -0.1) is 0 Å². The Morgan fingerprint density at radius 1 is 0.534 bits per heavy atom. The number of carbonyl (C=O) groups is 3. The fourth-order valence-corrected chi connectivity index (χ4v) is 6.72. The highest BCUT2D eigenvalue weighted by Crippen LogP contribution is 2.14. The van der Waals surface area contributed by atoms with Gasteiger partial charge < -0.3 is 28.6 Å². The number of rotatable bonds is 42. The molecule has 0 aliphatic rings. The molecule has 0 aromatic rings. The summed E-state index contributed by atoms with van der Waals surface area (Å²) in [4.78, 5) is 36.8. The molecule has 0 aliphatic carbocycles. The van der Waals surface area contributed by atoms with E-state index in [0.717, 1.165) is 64.2 Å². The number of carbonyl (C=O) groups excluding carboxylic acids is 3. The Morgan fingerprint density at radius 3 is 1.50 bits per heavy atom. The third-order valence-corrected chi connectivity index (χ3v) is 10.5. The smallest absolute Gasteiger partial charge is 0.306 e. The maximum Gasteiger partial charge on any atom is 0.306 e. The maximum absolute atomic E-state index is 12.7. The van der Waals surface area contributed by atoms with Crippen LogP contribution in [0.4, 0.5) is 0 Å². The second-order valence-electron chi connectivity index (χ2n) is 17.0.